The largest absolute Gasteiger partial charge is 0.573 e. The summed E-state index contributed by atoms with van der Waals surface area (Å²) in [6.45, 7) is 1.85. The van der Waals surface area contributed by atoms with Crippen LogP contribution in [0.25, 0.3) is 0 Å². The summed E-state index contributed by atoms with van der Waals surface area (Å²) < 4.78 is 40.3. The lowest BCUT2D eigenvalue weighted by Gasteiger charge is -2.34. The highest BCUT2D eigenvalue weighted by molar-refractivity contribution is 5.97. The van der Waals surface area contributed by atoms with E-state index in [1.165, 1.54) is 18.2 Å². The molecule has 1 aliphatic rings. The van der Waals surface area contributed by atoms with Crippen molar-refractivity contribution >= 4 is 17.5 Å². The van der Waals surface area contributed by atoms with E-state index >= 15 is 0 Å². The number of hydrogen-bond donors (Lipinski definition) is 2. The number of phenolic OH excluding ortho intramolecular Hbond substituents is 1. The highest BCUT2D eigenvalue weighted by Crippen LogP contribution is 2.24. The van der Waals surface area contributed by atoms with Gasteiger partial charge < -0.3 is 20.1 Å². The molecule has 160 valence electrons. The van der Waals surface area contributed by atoms with Crippen LogP contribution in [0.3, 0.4) is 0 Å². The van der Waals surface area contributed by atoms with Crippen LogP contribution in [0.4, 0.5) is 18.9 Å². The lowest BCUT2D eigenvalue weighted by molar-refractivity contribution is -0.274. The zero-order valence-corrected chi connectivity index (χ0v) is 15.9. The molecule has 2 aromatic rings. The molecule has 1 aliphatic heterocycles. The number of ether oxygens (including phenoxy) is 1. The van der Waals surface area contributed by atoms with Crippen LogP contribution in [0, 0.1) is 0 Å². The Morgan fingerprint density at radius 2 is 1.63 bits per heavy atom. The Morgan fingerprint density at radius 3 is 2.23 bits per heavy atom. The third-order valence-electron chi connectivity index (χ3n) is 4.53. The van der Waals surface area contributed by atoms with Crippen molar-refractivity contribution in [1.82, 2.24) is 9.80 Å². The second kappa shape index (κ2) is 9.04. The van der Waals surface area contributed by atoms with Crippen LogP contribution in [-0.4, -0.2) is 65.8 Å². The van der Waals surface area contributed by atoms with E-state index in [0.29, 0.717) is 31.9 Å². The maximum absolute atomic E-state index is 12.5. The Labute approximate surface area is 170 Å². The average Bonchev–Trinajstić information content (AvgIpc) is 2.69. The quantitative estimate of drug-likeness (QED) is 0.773. The summed E-state index contributed by atoms with van der Waals surface area (Å²) in [6, 6.07) is 11.2. The molecule has 7 nitrogen and oxygen atoms in total. The number of anilines is 1. The third-order valence-corrected chi connectivity index (χ3v) is 4.53. The van der Waals surface area contributed by atoms with Crippen LogP contribution in [-0.2, 0) is 4.79 Å². The van der Waals surface area contributed by atoms with E-state index in [4.69, 9.17) is 0 Å². The summed E-state index contributed by atoms with van der Waals surface area (Å²) in [5.74, 6) is -1.03. The Hall–Kier alpha value is -3.27. The van der Waals surface area contributed by atoms with E-state index in [1.54, 1.807) is 23.1 Å². The predicted molar refractivity (Wildman–Crippen MR) is 102 cm³/mol. The van der Waals surface area contributed by atoms with Gasteiger partial charge in [0.05, 0.1) is 12.1 Å². The van der Waals surface area contributed by atoms with Crippen LogP contribution in [0.5, 0.6) is 11.5 Å². The van der Waals surface area contributed by atoms with E-state index in [2.05, 4.69) is 10.1 Å². The monoisotopic (exact) mass is 423 g/mol. The van der Waals surface area contributed by atoms with E-state index in [-0.39, 0.29) is 35.4 Å². The molecule has 3 rings (SSSR count). The van der Waals surface area contributed by atoms with Gasteiger partial charge in [-0.15, -0.1) is 13.2 Å². The molecule has 10 heteroatoms. The van der Waals surface area contributed by atoms with Crippen LogP contribution in [0.1, 0.15) is 10.4 Å². The number of amides is 2. The summed E-state index contributed by atoms with van der Waals surface area (Å²) in [4.78, 5) is 28.2. The number of phenols is 1. The number of halogens is 3. The summed E-state index contributed by atoms with van der Waals surface area (Å²) in [6.07, 6.45) is -4.77. The minimum atomic E-state index is -4.77. The molecule has 0 aliphatic carbocycles. The first-order chi connectivity index (χ1) is 14.2. The minimum absolute atomic E-state index is 0.0732. The van der Waals surface area contributed by atoms with Gasteiger partial charge in [0.2, 0.25) is 5.91 Å². The van der Waals surface area contributed by atoms with Crippen molar-refractivity contribution in [3.63, 3.8) is 0 Å². The van der Waals surface area contributed by atoms with E-state index < -0.39 is 6.36 Å². The lowest BCUT2D eigenvalue weighted by Crippen LogP contribution is -2.50. The van der Waals surface area contributed by atoms with E-state index in [9.17, 15) is 27.9 Å². The van der Waals surface area contributed by atoms with Crippen LogP contribution < -0.4 is 10.1 Å². The Bertz CT molecular complexity index is 895. The SMILES string of the molecule is O=C(CN1CCN(C(=O)c2ccccc2O)CC1)Nc1ccc(OC(F)(F)F)cc1. The first-order valence-corrected chi connectivity index (χ1v) is 9.16. The fourth-order valence-corrected chi connectivity index (χ4v) is 3.08. The molecule has 0 unspecified atom stereocenters. The zero-order valence-electron chi connectivity index (χ0n) is 15.9. The van der Waals surface area contributed by atoms with Crippen molar-refractivity contribution < 1.29 is 32.6 Å². The van der Waals surface area contributed by atoms with Crippen molar-refractivity contribution in [1.29, 1.82) is 0 Å². The highest BCUT2D eigenvalue weighted by atomic mass is 19.4. The number of nitrogens with one attached hydrogen (secondary N) is 1. The zero-order chi connectivity index (χ0) is 21.7. The molecule has 1 saturated heterocycles. The topological polar surface area (TPSA) is 82.1 Å². The lowest BCUT2D eigenvalue weighted by atomic mass is 10.1. The number of benzene rings is 2. The normalized spacial score (nSPS) is 15.0. The van der Waals surface area contributed by atoms with Gasteiger partial charge in [0.1, 0.15) is 11.5 Å². The van der Waals surface area contributed by atoms with Gasteiger partial charge >= 0.3 is 6.36 Å². The number of hydrogen-bond acceptors (Lipinski definition) is 5. The number of carbonyl (C=O) groups excluding carboxylic acids is 2. The highest BCUT2D eigenvalue weighted by Gasteiger charge is 2.31. The number of alkyl halides is 3. The summed E-state index contributed by atoms with van der Waals surface area (Å²) in [5.41, 5.74) is 0.588. The second-order valence-corrected chi connectivity index (χ2v) is 6.71. The third kappa shape index (κ3) is 5.86. The molecule has 1 fully saturated rings. The number of para-hydroxylation sites is 1. The first-order valence-electron chi connectivity index (χ1n) is 9.16. The molecule has 2 aromatic carbocycles. The number of carbonyl (C=O) groups is 2. The molecule has 0 aromatic heterocycles. The number of rotatable bonds is 5. The molecule has 30 heavy (non-hydrogen) atoms. The van der Waals surface area contributed by atoms with Crippen molar-refractivity contribution in [3.05, 3.63) is 54.1 Å². The fourth-order valence-electron chi connectivity index (χ4n) is 3.08. The summed E-state index contributed by atoms with van der Waals surface area (Å²) in [7, 11) is 0. The fraction of sp³-hybridized carbons (Fsp3) is 0.300. The molecule has 1 heterocycles. The molecule has 0 radical (unpaired) electrons. The van der Waals surface area contributed by atoms with Gasteiger partial charge in [-0.05, 0) is 36.4 Å². The van der Waals surface area contributed by atoms with Gasteiger partial charge in [-0.25, -0.2) is 0 Å². The Kier molecular flexibility index (Phi) is 6.46. The van der Waals surface area contributed by atoms with Gasteiger partial charge in [-0.2, -0.15) is 0 Å². The Balaban J connectivity index is 1.46. The molecular formula is C20H20F3N3O4. The molecule has 0 spiro atoms. The summed E-state index contributed by atoms with van der Waals surface area (Å²) in [5, 5.41) is 12.4. The van der Waals surface area contributed by atoms with Gasteiger partial charge in [0.25, 0.3) is 5.91 Å². The maximum Gasteiger partial charge on any atom is 0.573 e. The van der Waals surface area contributed by atoms with Crippen molar-refractivity contribution in [3.8, 4) is 11.5 Å². The van der Waals surface area contributed by atoms with Crippen LogP contribution in [0.2, 0.25) is 0 Å². The minimum Gasteiger partial charge on any atom is -0.507 e. The van der Waals surface area contributed by atoms with Gasteiger partial charge in [0.15, 0.2) is 0 Å². The Morgan fingerprint density at radius 1 is 1.00 bits per heavy atom. The van der Waals surface area contributed by atoms with Gasteiger partial charge in [-0.1, -0.05) is 12.1 Å². The summed E-state index contributed by atoms with van der Waals surface area (Å²) >= 11 is 0. The van der Waals surface area contributed by atoms with E-state index in [1.807, 2.05) is 4.90 Å². The van der Waals surface area contributed by atoms with Gasteiger partial charge in [-0.3, -0.25) is 14.5 Å². The van der Waals surface area contributed by atoms with E-state index in [0.717, 1.165) is 12.1 Å². The average molecular weight is 423 g/mol. The number of piperazine rings is 1. The number of nitrogens with zero attached hydrogens (tertiary/aromatic N) is 2. The van der Waals surface area contributed by atoms with Gasteiger partial charge in [0, 0.05) is 31.9 Å². The first kappa shape index (κ1) is 21.4. The maximum atomic E-state index is 12.5. The van der Waals surface area contributed by atoms with Crippen molar-refractivity contribution in [2.24, 2.45) is 0 Å². The predicted octanol–water partition coefficient (Wildman–Crippen LogP) is 2.69. The van der Waals surface area contributed by atoms with Crippen molar-refractivity contribution in [2.75, 3.05) is 38.0 Å². The molecule has 0 atom stereocenters. The number of aromatic hydroxyl groups is 1. The van der Waals surface area contributed by atoms with Crippen LogP contribution >= 0.6 is 0 Å². The molecule has 0 saturated carbocycles. The molecule has 2 amide bonds. The molecule has 2 N–H and O–H groups in total. The van der Waals surface area contributed by atoms with Crippen molar-refractivity contribution in [2.45, 2.75) is 6.36 Å². The second-order valence-electron chi connectivity index (χ2n) is 6.71. The molecular weight excluding hydrogens is 403 g/mol. The smallest absolute Gasteiger partial charge is 0.507 e. The standard InChI is InChI=1S/C20H20F3N3O4/c21-20(22,23)30-15-7-5-14(6-8-15)24-18(28)13-25-9-11-26(12-10-25)19(29)16-3-1-2-4-17(16)27/h1-8,27H,9-13H2,(H,24,28). The molecule has 0 bridgehead atoms. The van der Waals surface area contributed by atoms with Crippen LogP contribution in [0.15, 0.2) is 48.5 Å².